The first-order valence-corrected chi connectivity index (χ1v) is 2.72. The first kappa shape index (κ1) is 5.56. The number of hydrogen-bond donors (Lipinski definition) is 2. The van der Waals surface area contributed by atoms with Gasteiger partial charge in [-0.15, -0.1) is 0 Å². The van der Waals surface area contributed by atoms with E-state index in [-0.39, 0.29) is 11.8 Å². The van der Waals surface area contributed by atoms with Gasteiger partial charge in [-0.3, -0.25) is 4.79 Å². The number of nitrogens with two attached hydrogens (primary N) is 1. The molecule has 1 aliphatic carbocycles. The predicted octanol–water partition coefficient (Wildman–Crippen LogP) is -0.920. The third-order valence-corrected chi connectivity index (χ3v) is 1.53. The summed E-state index contributed by atoms with van der Waals surface area (Å²) in [5.74, 6) is -0.0654. The van der Waals surface area contributed by atoms with E-state index in [4.69, 9.17) is 5.73 Å². The monoisotopic (exact) mass is 114 g/mol. The van der Waals surface area contributed by atoms with Crippen LogP contribution in [0.15, 0.2) is 0 Å². The van der Waals surface area contributed by atoms with Crippen LogP contribution >= 0.6 is 0 Å². The lowest BCUT2D eigenvalue weighted by Crippen LogP contribution is -2.20. The van der Waals surface area contributed by atoms with Gasteiger partial charge in [0.05, 0.1) is 5.92 Å². The quantitative estimate of drug-likeness (QED) is 0.487. The van der Waals surface area contributed by atoms with Gasteiger partial charge < -0.3 is 11.1 Å². The van der Waals surface area contributed by atoms with Gasteiger partial charge in [0.1, 0.15) is 0 Å². The van der Waals surface area contributed by atoms with Gasteiger partial charge in [-0.05, 0) is 13.5 Å². The van der Waals surface area contributed by atoms with Crippen LogP contribution < -0.4 is 11.1 Å². The number of hydrogen-bond acceptors (Lipinski definition) is 2. The maximum Gasteiger partial charge on any atom is 0.222 e. The molecule has 2 atom stereocenters. The Kier molecular flexibility index (Phi) is 1.21. The first-order valence-electron chi connectivity index (χ1n) is 2.72. The molecule has 0 saturated heterocycles. The van der Waals surface area contributed by atoms with Crippen LogP contribution in [0.3, 0.4) is 0 Å². The normalized spacial score (nSPS) is 34.6. The van der Waals surface area contributed by atoms with E-state index in [1.165, 1.54) is 0 Å². The molecular weight excluding hydrogens is 104 g/mol. The van der Waals surface area contributed by atoms with Gasteiger partial charge in [0.15, 0.2) is 0 Å². The molecule has 0 heterocycles. The molecule has 0 aromatic heterocycles. The molecule has 1 aliphatic rings. The lowest BCUT2D eigenvalue weighted by atomic mass is 10.4. The first-order chi connectivity index (χ1) is 3.75. The Morgan fingerprint density at radius 2 is 2.50 bits per heavy atom. The van der Waals surface area contributed by atoms with Crippen LogP contribution in [0.4, 0.5) is 0 Å². The summed E-state index contributed by atoms with van der Waals surface area (Å²) < 4.78 is 0. The van der Waals surface area contributed by atoms with Crippen molar-refractivity contribution in [2.24, 2.45) is 11.7 Å². The summed E-state index contributed by atoms with van der Waals surface area (Å²) in [6.07, 6.45) is 0.922. The highest BCUT2D eigenvalue weighted by Gasteiger charge is 2.40. The molecule has 0 spiro atoms. The summed E-state index contributed by atoms with van der Waals surface area (Å²) in [5, 5.41) is 2.97. The fraction of sp³-hybridized carbons (Fsp3) is 0.800. The van der Waals surface area contributed by atoms with Crippen molar-refractivity contribution in [2.45, 2.75) is 12.5 Å². The van der Waals surface area contributed by atoms with Crippen molar-refractivity contribution in [1.29, 1.82) is 0 Å². The Morgan fingerprint density at radius 1 is 1.88 bits per heavy atom. The van der Waals surface area contributed by atoms with Crippen LogP contribution in [0.1, 0.15) is 6.42 Å². The van der Waals surface area contributed by atoms with Crippen molar-refractivity contribution in [1.82, 2.24) is 5.32 Å². The van der Waals surface area contributed by atoms with Gasteiger partial charge in [0.2, 0.25) is 5.91 Å². The molecule has 1 saturated carbocycles. The van der Waals surface area contributed by atoms with Gasteiger partial charge in [0.25, 0.3) is 0 Å². The van der Waals surface area contributed by atoms with Gasteiger partial charge in [-0.1, -0.05) is 0 Å². The van der Waals surface area contributed by atoms with E-state index < -0.39 is 0 Å². The zero-order valence-electron chi connectivity index (χ0n) is 4.85. The van der Waals surface area contributed by atoms with E-state index in [1.807, 2.05) is 7.05 Å². The second-order valence-electron chi connectivity index (χ2n) is 2.14. The number of rotatable bonds is 2. The Balaban J connectivity index is 2.26. The molecule has 1 amide bonds. The van der Waals surface area contributed by atoms with Crippen LogP contribution in [-0.2, 0) is 4.79 Å². The van der Waals surface area contributed by atoms with Crippen molar-refractivity contribution < 1.29 is 4.79 Å². The molecule has 0 aromatic rings. The van der Waals surface area contributed by atoms with E-state index in [2.05, 4.69) is 5.32 Å². The van der Waals surface area contributed by atoms with E-state index in [1.54, 1.807) is 0 Å². The van der Waals surface area contributed by atoms with Crippen molar-refractivity contribution in [2.75, 3.05) is 7.05 Å². The van der Waals surface area contributed by atoms with Gasteiger partial charge in [-0.25, -0.2) is 0 Å². The molecule has 3 nitrogen and oxygen atoms in total. The molecule has 46 valence electrons. The molecule has 1 fully saturated rings. The van der Waals surface area contributed by atoms with Crippen LogP contribution in [0, 0.1) is 5.92 Å². The number of carbonyl (C=O) groups excluding carboxylic acids is 1. The Hall–Kier alpha value is -0.570. The standard InChI is InChI=1S/C5H10N2O/c1-7-4-2-3(4)5(6)8/h3-4,7H,2H2,1H3,(H2,6,8). The van der Waals surface area contributed by atoms with Gasteiger partial charge in [-0.2, -0.15) is 0 Å². The topological polar surface area (TPSA) is 55.1 Å². The molecule has 8 heavy (non-hydrogen) atoms. The van der Waals surface area contributed by atoms with Gasteiger partial charge in [0, 0.05) is 6.04 Å². The van der Waals surface area contributed by atoms with Crippen molar-refractivity contribution >= 4 is 5.91 Å². The van der Waals surface area contributed by atoms with Gasteiger partial charge >= 0.3 is 0 Å². The average molecular weight is 114 g/mol. The van der Waals surface area contributed by atoms with Crippen LogP contribution in [0.25, 0.3) is 0 Å². The third kappa shape index (κ3) is 0.816. The van der Waals surface area contributed by atoms with Crippen molar-refractivity contribution in [3.05, 3.63) is 0 Å². The fourth-order valence-electron chi connectivity index (χ4n) is 0.828. The van der Waals surface area contributed by atoms with Crippen LogP contribution in [0.2, 0.25) is 0 Å². The molecule has 0 radical (unpaired) electrons. The number of amides is 1. The Bertz CT molecular complexity index is 113. The van der Waals surface area contributed by atoms with Crippen molar-refractivity contribution in [3.8, 4) is 0 Å². The fourth-order valence-corrected chi connectivity index (χ4v) is 0.828. The maximum absolute atomic E-state index is 10.3. The third-order valence-electron chi connectivity index (χ3n) is 1.53. The molecule has 1 rings (SSSR count). The smallest absolute Gasteiger partial charge is 0.222 e. The molecule has 0 bridgehead atoms. The molecular formula is C5H10N2O. The zero-order valence-corrected chi connectivity index (χ0v) is 4.85. The van der Waals surface area contributed by atoms with Crippen molar-refractivity contribution in [3.63, 3.8) is 0 Å². The summed E-state index contributed by atoms with van der Waals surface area (Å²) >= 11 is 0. The molecule has 2 unspecified atom stereocenters. The molecule has 0 aromatic carbocycles. The minimum absolute atomic E-state index is 0.111. The number of nitrogens with one attached hydrogen (secondary N) is 1. The number of carbonyl (C=O) groups is 1. The minimum atomic E-state index is -0.177. The Morgan fingerprint density at radius 3 is 2.62 bits per heavy atom. The molecule has 3 N–H and O–H groups in total. The average Bonchev–Trinajstić information content (AvgIpc) is 2.42. The number of primary amides is 1. The SMILES string of the molecule is CNC1CC1C(N)=O. The van der Waals surface area contributed by atoms with E-state index >= 15 is 0 Å². The lowest BCUT2D eigenvalue weighted by molar-refractivity contribution is -0.119. The summed E-state index contributed by atoms with van der Waals surface area (Å²) in [7, 11) is 1.84. The highest BCUT2D eigenvalue weighted by molar-refractivity contribution is 5.80. The van der Waals surface area contributed by atoms with Crippen LogP contribution in [-0.4, -0.2) is 19.0 Å². The van der Waals surface area contributed by atoms with E-state index in [0.717, 1.165) is 6.42 Å². The zero-order chi connectivity index (χ0) is 6.15. The highest BCUT2D eigenvalue weighted by Crippen LogP contribution is 2.28. The second kappa shape index (κ2) is 1.74. The predicted molar refractivity (Wildman–Crippen MR) is 30.1 cm³/mol. The summed E-state index contributed by atoms with van der Waals surface area (Å²) in [5.41, 5.74) is 4.98. The summed E-state index contributed by atoms with van der Waals surface area (Å²) in [6.45, 7) is 0. The maximum atomic E-state index is 10.3. The highest BCUT2D eigenvalue weighted by atomic mass is 16.1. The van der Waals surface area contributed by atoms with Crippen LogP contribution in [0.5, 0.6) is 0 Å². The lowest BCUT2D eigenvalue weighted by Gasteiger charge is -1.89. The molecule has 3 heteroatoms. The largest absolute Gasteiger partial charge is 0.369 e. The summed E-state index contributed by atoms with van der Waals surface area (Å²) in [6, 6.07) is 0.368. The molecule has 0 aliphatic heterocycles. The second-order valence-corrected chi connectivity index (χ2v) is 2.14. The Labute approximate surface area is 48.2 Å². The summed E-state index contributed by atoms with van der Waals surface area (Å²) in [4.78, 5) is 10.3. The van der Waals surface area contributed by atoms with E-state index in [9.17, 15) is 4.79 Å². The minimum Gasteiger partial charge on any atom is -0.369 e. The van der Waals surface area contributed by atoms with E-state index in [0.29, 0.717) is 6.04 Å².